The van der Waals surface area contributed by atoms with Crippen LogP contribution in [0.15, 0.2) is 28.7 Å². The average Bonchev–Trinajstić information content (AvgIpc) is 2.56. The second-order valence-corrected chi connectivity index (χ2v) is 3.79. The number of hydrogen-bond donors (Lipinski definition) is 0. The van der Waals surface area contributed by atoms with Crippen molar-refractivity contribution < 1.29 is 0 Å². The molecule has 5 heteroatoms. The van der Waals surface area contributed by atoms with Gasteiger partial charge >= 0.3 is 0 Å². The number of halogens is 1. The van der Waals surface area contributed by atoms with E-state index in [1.54, 1.807) is 35.4 Å². The molecule has 0 N–H and O–H groups in total. The molecule has 2 rings (SSSR count). The fourth-order valence-electron chi connectivity index (χ4n) is 0.803. The van der Waals surface area contributed by atoms with Crippen LogP contribution in [-0.4, -0.2) is 15.0 Å². The molecular formula is C7H4BrN3S. The Hall–Kier alpha value is -0.810. The molecule has 2 aromatic rings. The Balaban J connectivity index is 2.48. The summed E-state index contributed by atoms with van der Waals surface area (Å²) in [4.78, 5) is 13.2. The van der Waals surface area contributed by atoms with Gasteiger partial charge in [-0.25, -0.2) is 4.98 Å². The summed E-state index contributed by atoms with van der Waals surface area (Å²) in [7, 11) is 0. The second kappa shape index (κ2) is 3.28. The van der Waals surface area contributed by atoms with Gasteiger partial charge in [0.05, 0.1) is 22.8 Å². The maximum Gasteiger partial charge on any atom is 0.125 e. The fourth-order valence-corrected chi connectivity index (χ4v) is 1.69. The van der Waals surface area contributed by atoms with E-state index in [2.05, 4.69) is 30.9 Å². The first-order chi connectivity index (χ1) is 5.86. The van der Waals surface area contributed by atoms with E-state index in [4.69, 9.17) is 0 Å². The van der Waals surface area contributed by atoms with Crippen LogP contribution in [0.3, 0.4) is 0 Å². The van der Waals surface area contributed by atoms with Crippen molar-refractivity contribution in [1.29, 1.82) is 0 Å². The highest BCUT2D eigenvalue weighted by Crippen LogP contribution is 2.20. The lowest BCUT2D eigenvalue weighted by molar-refractivity contribution is 1.17. The number of aromatic nitrogens is 3. The molecule has 0 saturated heterocycles. The average molecular weight is 242 g/mol. The van der Waals surface area contributed by atoms with Gasteiger partial charge in [0.2, 0.25) is 0 Å². The van der Waals surface area contributed by atoms with Crippen LogP contribution in [0.2, 0.25) is 0 Å². The van der Waals surface area contributed by atoms with Gasteiger partial charge in [0.15, 0.2) is 0 Å². The molecule has 0 aliphatic carbocycles. The number of rotatable bonds is 1. The molecule has 12 heavy (non-hydrogen) atoms. The van der Waals surface area contributed by atoms with Gasteiger partial charge in [0.1, 0.15) is 10.3 Å². The van der Waals surface area contributed by atoms with Crippen LogP contribution in [0.4, 0.5) is 0 Å². The smallest absolute Gasteiger partial charge is 0.125 e. The van der Waals surface area contributed by atoms with E-state index in [1.807, 2.05) is 0 Å². The van der Waals surface area contributed by atoms with Crippen LogP contribution in [0.25, 0.3) is 10.6 Å². The molecule has 3 nitrogen and oxygen atoms in total. The molecule has 2 aromatic heterocycles. The van der Waals surface area contributed by atoms with Crippen LogP contribution in [0.1, 0.15) is 0 Å². The topological polar surface area (TPSA) is 38.7 Å². The quantitative estimate of drug-likeness (QED) is 0.770. The van der Waals surface area contributed by atoms with E-state index in [1.165, 1.54) is 0 Å². The summed E-state index contributed by atoms with van der Waals surface area (Å²) in [6.07, 6.45) is 5.16. The van der Waals surface area contributed by atoms with Gasteiger partial charge < -0.3 is 0 Å². The zero-order valence-electron chi connectivity index (χ0n) is 5.94. The molecule has 0 aromatic carbocycles. The maximum absolute atomic E-state index is 4.24. The van der Waals surface area contributed by atoms with Crippen LogP contribution in [-0.2, 0) is 0 Å². The van der Waals surface area contributed by atoms with Crippen LogP contribution >= 0.6 is 27.3 Å². The summed E-state index contributed by atoms with van der Waals surface area (Å²) in [5.74, 6) is 0. The van der Waals surface area contributed by atoms with E-state index >= 15 is 0 Å². The molecular weight excluding hydrogens is 238 g/mol. The number of hydrogen-bond acceptors (Lipinski definition) is 4. The van der Waals surface area contributed by atoms with Crippen molar-refractivity contribution in [2.24, 2.45) is 0 Å². The minimum atomic E-state index is 0.744. The number of nitrogens with zero attached hydrogens (tertiary/aromatic N) is 3. The fraction of sp³-hybridized carbons (Fsp3) is 0. The molecule has 2 heterocycles. The van der Waals surface area contributed by atoms with Gasteiger partial charge in [-0.15, -0.1) is 11.3 Å². The summed E-state index contributed by atoms with van der Waals surface area (Å²) < 4.78 is 0.744. The predicted molar refractivity (Wildman–Crippen MR) is 50.8 cm³/mol. The Bertz CT molecular complexity index is 374. The van der Waals surface area contributed by atoms with Gasteiger partial charge in [-0.1, -0.05) is 0 Å². The zero-order chi connectivity index (χ0) is 8.39. The Morgan fingerprint density at radius 1 is 1.17 bits per heavy atom. The minimum Gasteiger partial charge on any atom is -0.260 e. The molecule has 0 spiro atoms. The highest BCUT2D eigenvalue weighted by molar-refractivity contribution is 9.10. The zero-order valence-corrected chi connectivity index (χ0v) is 8.34. The Morgan fingerprint density at radius 3 is 2.75 bits per heavy atom. The molecule has 0 aliphatic rings. The summed E-state index contributed by atoms with van der Waals surface area (Å²) in [6.45, 7) is 0. The van der Waals surface area contributed by atoms with E-state index < -0.39 is 0 Å². The molecule has 0 unspecified atom stereocenters. The minimum absolute atomic E-state index is 0.744. The standard InChI is InChI=1S/C7H4BrN3S/c8-7-3-9-1-5(11-7)6-2-10-4-12-6/h1-4H. The highest BCUT2D eigenvalue weighted by atomic mass is 79.9. The van der Waals surface area contributed by atoms with Crippen LogP contribution in [0.5, 0.6) is 0 Å². The third-order valence-corrected chi connectivity index (χ3v) is 2.47. The second-order valence-electron chi connectivity index (χ2n) is 2.09. The van der Waals surface area contributed by atoms with Gasteiger partial charge in [-0.05, 0) is 15.9 Å². The normalized spacial score (nSPS) is 10.1. The SMILES string of the molecule is Brc1cncc(-c2cncs2)n1. The van der Waals surface area contributed by atoms with Crippen molar-refractivity contribution in [2.75, 3.05) is 0 Å². The molecule has 0 aliphatic heterocycles. The van der Waals surface area contributed by atoms with Crippen molar-refractivity contribution in [3.05, 3.63) is 28.7 Å². The predicted octanol–water partition coefficient (Wildman–Crippen LogP) is 2.36. The first kappa shape index (κ1) is 7.82. The molecule has 0 saturated carbocycles. The summed E-state index contributed by atoms with van der Waals surface area (Å²) in [6, 6.07) is 0. The van der Waals surface area contributed by atoms with E-state index in [0.29, 0.717) is 0 Å². The number of thiazole rings is 1. The van der Waals surface area contributed by atoms with Gasteiger partial charge in [0.25, 0.3) is 0 Å². The van der Waals surface area contributed by atoms with Gasteiger partial charge in [-0.2, -0.15) is 0 Å². The van der Waals surface area contributed by atoms with E-state index in [-0.39, 0.29) is 0 Å². The van der Waals surface area contributed by atoms with Crippen LogP contribution in [0, 0.1) is 0 Å². The molecule has 0 fully saturated rings. The highest BCUT2D eigenvalue weighted by Gasteiger charge is 2.00. The van der Waals surface area contributed by atoms with Gasteiger partial charge in [0, 0.05) is 6.20 Å². The van der Waals surface area contributed by atoms with Crippen LogP contribution < -0.4 is 0 Å². The van der Waals surface area contributed by atoms with Crippen molar-refractivity contribution in [3.63, 3.8) is 0 Å². The lowest BCUT2D eigenvalue weighted by Gasteiger charge is -1.93. The first-order valence-corrected chi connectivity index (χ1v) is 4.90. The molecule has 0 atom stereocenters. The van der Waals surface area contributed by atoms with Crippen molar-refractivity contribution in [1.82, 2.24) is 15.0 Å². The monoisotopic (exact) mass is 241 g/mol. The molecule has 0 amide bonds. The van der Waals surface area contributed by atoms with E-state index in [9.17, 15) is 0 Å². The molecule has 0 bridgehead atoms. The van der Waals surface area contributed by atoms with Crippen molar-refractivity contribution >= 4 is 27.3 Å². The van der Waals surface area contributed by atoms with Gasteiger partial charge in [-0.3, -0.25) is 9.97 Å². The molecule has 0 radical (unpaired) electrons. The summed E-state index contributed by atoms with van der Waals surface area (Å²) in [5, 5.41) is 0. The third-order valence-electron chi connectivity index (χ3n) is 1.29. The summed E-state index contributed by atoms with van der Waals surface area (Å²) in [5.41, 5.74) is 2.63. The Kier molecular flexibility index (Phi) is 2.14. The largest absolute Gasteiger partial charge is 0.260 e. The van der Waals surface area contributed by atoms with Crippen molar-refractivity contribution in [3.8, 4) is 10.6 Å². The lowest BCUT2D eigenvalue weighted by Crippen LogP contribution is -1.82. The maximum atomic E-state index is 4.24. The Morgan fingerprint density at radius 2 is 2.08 bits per heavy atom. The first-order valence-electron chi connectivity index (χ1n) is 3.22. The molecule has 60 valence electrons. The lowest BCUT2D eigenvalue weighted by atomic mass is 10.4. The Labute approximate surface area is 81.7 Å². The van der Waals surface area contributed by atoms with E-state index in [0.717, 1.165) is 15.2 Å². The van der Waals surface area contributed by atoms with Crippen molar-refractivity contribution in [2.45, 2.75) is 0 Å². The summed E-state index contributed by atoms with van der Waals surface area (Å²) >= 11 is 4.81. The third kappa shape index (κ3) is 1.51.